The molecule has 0 radical (unpaired) electrons. The highest BCUT2D eigenvalue weighted by Gasteiger charge is 2.12. The first-order valence-electron chi connectivity index (χ1n) is 5.00. The second kappa shape index (κ2) is 6.61. The minimum Gasteiger partial charge on any atom is -0.480 e. The molecular weight excluding hydrogens is 308 g/mol. The number of aliphatic carboxylic acids is 1. The number of amides is 2. The van der Waals surface area contributed by atoms with Crippen LogP contribution in [0.4, 0.5) is 4.79 Å². The Hall–Kier alpha value is -1.08. The molecule has 94 valence electrons. The first kappa shape index (κ1) is 14.0. The summed E-state index contributed by atoms with van der Waals surface area (Å²) in [6.07, 6.45) is 0.727. The van der Waals surface area contributed by atoms with Crippen molar-refractivity contribution in [2.24, 2.45) is 0 Å². The Balaban J connectivity index is 2.22. The van der Waals surface area contributed by atoms with Gasteiger partial charge in [-0.15, -0.1) is 11.3 Å². The Morgan fingerprint density at radius 1 is 1.53 bits per heavy atom. The molecule has 0 fully saturated rings. The third kappa shape index (κ3) is 5.18. The van der Waals surface area contributed by atoms with Gasteiger partial charge < -0.3 is 15.7 Å². The van der Waals surface area contributed by atoms with E-state index in [1.807, 2.05) is 12.1 Å². The van der Waals surface area contributed by atoms with E-state index < -0.39 is 18.0 Å². The van der Waals surface area contributed by atoms with E-state index in [1.165, 1.54) is 6.92 Å². The SMILES string of the molecule is C[C@@H](NC(=O)NCCc1ccc(Br)s1)C(=O)O. The van der Waals surface area contributed by atoms with Gasteiger partial charge in [-0.05, 0) is 41.4 Å². The van der Waals surface area contributed by atoms with Crippen molar-refractivity contribution in [1.29, 1.82) is 0 Å². The standard InChI is InChI=1S/C10H13BrN2O3S/c1-6(9(14)15)13-10(16)12-5-4-7-2-3-8(11)17-7/h2-3,6H,4-5H2,1H3,(H,14,15)(H2,12,13,16)/t6-/m1/s1. The van der Waals surface area contributed by atoms with Gasteiger partial charge in [-0.3, -0.25) is 4.79 Å². The number of hydrogen-bond acceptors (Lipinski definition) is 3. The molecule has 2 amide bonds. The zero-order valence-corrected chi connectivity index (χ0v) is 11.6. The second-order valence-corrected chi connectivity index (χ2v) is 5.96. The number of carboxylic acid groups (broad SMARTS) is 1. The lowest BCUT2D eigenvalue weighted by molar-refractivity contribution is -0.138. The van der Waals surface area contributed by atoms with Crippen LogP contribution < -0.4 is 10.6 Å². The van der Waals surface area contributed by atoms with Crippen LogP contribution in [0.3, 0.4) is 0 Å². The monoisotopic (exact) mass is 320 g/mol. The van der Waals surface area contributed by atoms with Crippen LogP contribution in [0.2, 0.25) is 0 Å². The summed E-state index contributed by atoms with van der Waals surface area (Å²) in [5.74, 6) is -1.05. The molecule has 0 bridgehead atoms. The van der Waals surface area contributed by atoms with Crippen LogP contribution in [0.1, 0.15) is 11.8 Å². The Kier molecular flexibility index (Phi) is 5.43. The molecule has 0 unspecified atom stereocenters. The molecule has 5 nitrogen and oxygen atoms in total. The van der Waals surface area contributed by atoms with Crippen molar-refractivity contribution in [3.63, 3.8) is 0 Å². The summed E-state index contributed by atoms with van der Waals surface area (Å²) in [5, 5.41) is 13.5. The van der Waals surface area contributed by atoms with E-state index in [1.54, 1.807) is 11.3 Å². The fraction of sp³-hybridized carbons (Fsp3) is 0.400. The minimum absolute atomic E-state index is 0.462. The van der Waals surface area contributed by atoms with Crippen molar-refractivity contribution < 1.29 is 14.7 Å². The van der Waals surface area contributed by atoms with Gasteiger partial charge in [-0.2, -0.15) is 0 Å². The van der Waals surface area contributed by atoms with E-state index in [0.29, 0.717) is 6.54 Å². The number of thiophene rings is 1. The Bertz CT molecular complexity index is 408. The predicted molar refractivity (Wildman–Crippen MR) is 69.4 cm³/mol. The van der Waals surface area contributed by atoms with Crippen LogP contribution in [0.15, 0.2) is 15.9 Å². The molecule has 0 aliphatic heterocycles. The lowest BCUT2D eigenvalue weighted by Crippen LogP contribution is -2.44. The van der Waals surface area contributed by atoms with Crippen molar-refractivity contribution in [2.45, 2.75) is 19.4 Å². The summed E-state index contributed by atoms with van der Waals surface area (Å²) >= 11 is 4.96. The highest BCUT2D eigenvalue weighted by atomic mass is 79.9. The molecule has 0 saturated carbocycles. The Morgan fingerprint density at radius 2 is 2.24 bits per heavy atom. The van der Waals surface area contributed by atoms with Crippen LogP contribution >= 0.6 is 27.3 Å². The largest absolute Gasteiger partial charge is 0.480 e. The van der Waals surface area contributed by atoms with Gasteiger partial charge in [0, 0.05) is 11.4 Å². The van der Waals surface area contributed by atoms with Crippen LogP contribution in [0.5, 0.6) is 0 Å². The third-order valence-corrected chi connectivity index (χ3v) is 3.69. The minimum atomic E-state index is -1.05. The summed E-state index contributed by atoms with van der Waals surface area (Å²) in [7, 11) is 0. The van der Waals surface area contributed by atoms with Crippen LogP contribution in [-0.2, 0) is 11.2 Å². The van der Waals surface area contributed by atoms with Gasteiger partial charge in [0.05, 0.1) is 3.79 Å². The lowest BCUT2D eigenvalue weighted by atomic mass is 10.3. The number of urea groups is 1. The lowest BCUT2D eigenvalue weighted by Gasteiger charge is -2.10. The van der Waals surface area contributed by atoms with E-state index in [2.05, 4.69) is 26.6 Å². The molecule has 0 aliphatic rings. The molecule has 1 heterocycles. The molecular formula is C10H13BrN2O3S. The number of nitrogens with one attached hydrogen (secondary N) is 2. The van der Waals surface area contributed by atoms with Crippen molar-refractivity contribution in [2.75, 3.05) is 6.54 Å². The average Bonchev–Trinajstić information content (AvgIpc) is 2.64. The van der Waals surface area contributed by atoms with E-state index >= 15 is 0 Å². The zero-order valence-electron chi connectivity index (χ0n) is 9.20. The highest BCUT2D eigenvalue weighted by molar-refractivity contribution is 9.11. The first-order chi connectivity index (χ1) is 7.99. The fourth-order valence-corrected chi connectivity index (χ4v) is 2.58. The van der Waals surface area contributed by atoms with Gasteiger partial charge in [-0.1, -0.05) is 0 Å². The molecule has 1 rings (SSSR count). The van der Waals surface area contributed by atoms with E-state index in [9.17, 15) is 9.59 Å². The van der Waals surface area contributed by atoms with Gasteiger partial charge in [0.25, 0.3) is 0 Å². The number of carbonyl (C=O) groups is 2. The molecule has 0 saturated heterocycles. The third-order valence-electron chi connectivity index (χ3n) is 2.00. The molecule has 1 aromatic heterocycles. The second-order valence-electron chi connectivity index (χ2n) is 3.42. The summed E-state index contributed by atoms with van der Waals surface area (Å²) in [5.41, 5.74) is 0. The summed E-state index contributed by atoms with van der Waals surface area (Å²) < 4.78 is 1.05. The van der Waals surface area contributed by atoms with Crippen LogP contribution in [0, 0.1) is 0 Å². The summed E-state index contributed by atoms with van der Waals surface area (Å²) in [6.45, 7) is 1.89. The molecule has 0 spiro atoms. The topological polar surface area (TPSA) is 78.4 Å². The highest BCUT2D eigenvalue weighted by Crippen LogP contribution is 2.21. The fourth-order valence-electron chi connectivity index (χ4n) is 1.09. The first-order valence-corrected chi connectivity index (χ1v) is 6.61. The van der Waals surface area contributed by atoms with Gasteiger partial charge in [0.2, 0.25) is 0 Å². The number of carbonyl (C=O) groups excluding carboxylic acids is 1. The van der Waals surface area contributed by atoms with Gasteiger partial charge in [-0.25, -0.2) is 4.79 Å². The van der Waals surface area contributed by atoms with Crippen molar-refractivity contribution in [3.05, 3.63) is 20.8 Å². The molecule has 1 atom stereocenters. The van der Waals surface area contributed by atoms with Crippen LogP contribution in [-0.4, -0.2) is 29.7 Å². The van der Waals surface area contributed by atoms with E-state index in [4.69, 9.17) is 5.11 Å². The van der Waals surface area contributed by atoms with Crippen molar-refractivity contribution in [1.82, 2.24) is 10.6 Å². The summed E-state index contributed by atoms with van der Waals surface area (Å²) in [6, 6.07) is 2.59. The molecule has 0 aromatic carbocycles. The Morgan fingerprint density at radius 3 is 2.76 bits per heavy atom. The van der Waals surface area contributed by atoms with E-state index in [-0.39, 0.29) is 0 Å². The molecule has 17 heavy (non-hydrogen) atoms. The van der Waals surface area contributed by atoms with Crippen molar-refractivity contribution in [3.8, 4) is 0 Å². The predicted octanol–water partition coefficient (Wildman–Crippen LogP) is 1.83. The maximum atomic E-state index is 11.3. The maximum absolute atomic E-state index is 11.3. The van der Waals surface area contributed by atoms with Crippen LogP contribution in [0.25, 0.3) is 0 Å². The quantitative estimate of drug-likeness (QED) is 0.774. The number of halogens is 1. The molecule has 3 N–H and O–H groups in total. The normalized spacial score (nSPS) is 11.9. The molecule has 1 aromatic rings. The maximum Gasteiger partial charge on any atom is 0.325 e. The molecule has 7 heteroatoms. The van der Waals surface area contributed by atoms with Crippen molar-refractivity contribution >= 4 is 39.3 Å². The Labute approximate surface area is 111 Å². The zero-order chi connectivity index (χ0) is 12.8. The van der Waals surface area contributed by atoms with Gasteiger partial charge in [0.15, 0.2) is 0 Å². The number of hydrogen-bond donors (Lipinski definition) is 3. The smallest absolute Gasteiger partial charge is 0.325 e. The number of carboxylic acids is 1. The van der Waals surface area contributed by atoms with Gasteiger partial charge >= 0.3 is 12.0 Å². The summed E-state index contributed by atoms with van der Waals surface area (Å²) in [4.78, 5) is 22.9. The van der Waals surface area contributed by atoms with Gasteiger partial charge in [0.1, 0.15) is 6.04 Å². The average molecular weight is 321 g/mol. The molecule has 0 aliphatic carbocycles. The number of rotatable bonds is 5. The van der Waals surface area contributed by atoms with E-state index in [0.717, 1.165) is 15.1 Å².